The number of imidazole rings is 1. The second kappa shape index (κ2) is 8.08. The van der Waals surface area contributed by atoms with Gasteiger partial charge >= 0.3 is 0 Å². The van der Waals surface area contributed by atoms with Crippen LogP contribution in [-0.4, -0.2) is 29.1 Å². The van der Waals surface area contributed by atoms with Crippen molar-refractivity contribution in [3.05, 3.63) is 89.2 Å². The van der Waals surface area contributed by atoms with Gasteiger partial charge in [0.2, 0.25) is 5.91 Å². The molecule has 1 saturated heterocycles. The zero-order valence-electron chi connectivity index (χ0n) is 17.2. The quantitative estimate of drug-likeness (QED) is 0.432. The Bertz CT molecular complexity index is 1270. The van der Waals surface area contributed by atoms with Crippen molar-refractivity contribution in [2.45, 2.75) is 18.9 Å². The maximum Gasteiger partial charge on any atom is 0.227 e. The van der Waals surface area contributed by atoms with Gasteiger partial charge < -0.3 is 14.2 Å². The van der Waals surface area contributed by atoms with Crippen molar-refractivity contribution < 1.29 is 9.53 Å². The van der Waals surface area contributed by atoms with Crippen LogP contribution in [0.5, 0.6) is 5.75 Å². The first-order valence-corrected chi connectivity index (χ1v) is 10.7. The highest BCUT2D eigenvalue weighted by atomic mass is 35.5. The van der Waals surface area contributed by atoms with Crippen LogP contribution in [0.3, 0.4) is 0 Å². The molecule has 1 amide bonds. The van der Waals surface area contributed by atoms with Crippen molar-refractivity contribution in [3.63, 3.8) is 0 Å². The number of halogens is 1. The summed E-state index contributed by atoms with van der Waals surface area (Å²) in [5.74, 6) is 1.66. The molecule has 1 aromatic heterocycles. The zero-order chi connectivity index (χ0) is 21.4. The highest BCUT2D eigenvalue weighted by molar-refractivity contribution is 6.31. The summed E-state index contributed by atoms with van der Waals surface area (Å²) in [6.45, 7) is 1.17. The molecular formula is C25H22ClN3O2. The highest BCUT2D eigenvalue weighted by Crippen LogP contribution is 2.37. The summed E-state index contributed by atoms with van der Waals surface area (Å²) in [5, 5.41) is 0.726. The van der Waals surface area contributed by atoms with Crippen LogP contribution >= 0.6 is 11.6 Å². The minimum atomic E-state index is -0.0210. The fourth-order valence-electron chi connectivity index (χ4n) is 4.34. The van der Waals surface area contributed by atoms with Gasteiger partial charge in [-0.05, 0) is 35.9 Å². The molecular weight excluding hydrogens is 410 g/mol. The molecule has 3 aromatic carbocycles. The van der Waals surface area contributed by atoms with Crippen molar-refractivity contribution in [1.29, 1.82) is 0 Å². The minimum Gasteiger partial charge on any atom is -0.495 e. The van der Waals surface area contributed by atoms with Crippen LogP contribution in [0, 0.1) is 0 Å². The topological polar surface area (TPSA) is 47.4 Å². The van der Waals surface area contributed by atoms with E-state index in [9.17, 15) is 4.79 Å². The fraction of sp³-hybridized carbons (Fsp3) is 0.200. The van der Waals surface area contributed by atoms with E-state index in [2.05, 4.69) is 10.6 Å². The van der Waals surface area contributed by atoms with E-state index >= 15 is 0 Å². The van der Waals surface area contributed by atoms with Gasteiger partial charge in [0.25, 0.3) is 0 Å². The standard InChI is InChI=1S/C25H22ClN3O2/c1-31-23-13-7-6-12-22(23)28-16-18(14-24(28)30)25-27-20-10-4-5-11-21(20)29(25)15-17-8-2-3-9-19(17)26/h2-13,18H,14-16H2,1H3/t18-/m1/s1. The lowest BCUT2D eigenvalue weighted by Gasteiger charge is -2.20. The van der Waals surface area contributed by atoms with Gasteiger partial charge in [0.15, 0.2) is 0 Å². The van der Waals surface area contributed by atoms with Gasteiger partial charge in [0.1, 0.15) is 11.6 Å². The van der Waals surface area contributed by atoms with E-state index in [1.165, 1.54) is 0 Å². The average molecular weight is 432 g/mol. The summed E-state index contributed by atoms with van der Waals surface area (Å²) in [7, 11) is 1.62. The number of para-hydroxylation sites is 4. The molecule has 5 nitrogen and oxygen atoms in total. The average Bonchev–Trinajstić information content (AvgIpc) is 3.36. The van der Waals surface area contributed by atoms with Gasteiger partial charge in [0, 0.05) is 23.9 Å². The third-order valence-corrected chi connectivity index (χ3v) is 6.21. The summed E-state index contributed by atoms with van der Waals surface area (Å²) in [6.07, 6.45) is 0.407. The molecule has 6 heteroatoms. The van der Waals surface area contributed by atoms with Crippen molar-refractivity contribution in [2.24, 2.45) is 0 Å². The van der Waals surface area contributed by atoms with E-state index in [0.717, 1.165) is 33.1 Å². The van der Waals surface area contributed by atoms with Crippen molar-refractivity contribution in [3.8, 4) is 5.75 Å². The lowest BCUT2D eigenvalue weighted by atomic mass is 10.1. The molecule has 1 atom stereocenters. The maximum absolute atomic E-state index is 13.0. The van der Waals surface area contributed by atoms with E-state index in [0.29, 0.717) is 25.3 Å². The fourth-order valence-corrected chi connectivity index (χ4v) is 4.53. The van der Waals surface area contributed by atoms with Crippen LogP contribution in [0.15, 0.2) is 72.8 Å². The Morgan fingerprint density at radius 3 is 2.61 bits per heavy atom. The number of nitrogens with zero attached hydrogens (tertiary/aromatic N) is 3. The molecule has 0 saturated carbocycles. The Morgan fingerprint density at radius 1 is 1.03 bits per heavy atom. The maximum atomic E-state index is 13.0. The number of methoxy groups -OCH3 is 1. The Balaban J connectivity index is 1.55. The van der Waals surface area contributed by atoms with Gasteiger partial charge in [-0.15, -0.1) is 0 Å². The van der Waals surface area contributed by atoms with Gasteiger partial charge in [-0.1, -0.05) is 54.1 Å². The first-order chi connectivity index (χ1) is 15.2. The third-order valence-electron chi connectivity index (χ3n) is 5.84. The van der Waals surface area contributed by atoms with E-state index in [-0.39, 0.29) is 11.8 Å². The summed E-state index contributed by atoms with van der Waals surface area (Å²) >= 11 is 6.45. The van der Waals surface area contributed by atoms with Crippen LogP contribution in [0.2, 0.25) is 5.02 Å². The van der Waals surface area contributed by atoms with Gasteiger partial charge in [-0.25, -0.2) is 4.98 Å². The lowest BCUT2D eigenvalue weighted by Crippen LogP contribution is -2.25. The first-order valence-electron chi connectivity index (χ1n) is 10.3. The van der Waals surface area contributed by atoms with E-state index in [1.807, 2.05) is 71.6 Å². The Labute approximate surface area is 185 Å². The first kappa shape index (κ1) is 19.6. The SMILES string of the molecule is COc1ccccc1N1C[C@H](c2nc3ccccc3n2Cc2ccccc2Cl)CC1=O. The Hall–Kier alpha value is -3.31. The molecule has 156 valence electrons. The summed E-state index contributed by atoms with van der Waals surface area (Å²) in [6, 6.07) is 23.6. The number of rotatable bonds is 5. The number of hydrogen-bond acceptors (Lipinski definition) is 3. The highest BCUT2D eigenvalue weighted by Gasteiger charge is 2.36. The monoisotopic (exact) mass is 431 g/mol. The molecule has 0 bridgehead atoms. The minimum absolute atomic E-state index is 0.0210. The van der Waals surface area contributed by atoms with Crippen LogP contribution in [0.25, 0.3) is 11.0 Å². The molecule has 1 aliphatic heterocycles. The normalized spacial score (nSPS) is 16.3. The van der Waals surface area contributed by atoms with Gasteiger partial charge in [-0.2, -0.15) is 0 Å². The number of amides is 1. The third kappa shape index (κ3) is 3.55. The summed E-state index contributed by atoms with van der Waals surface area (Å²) in [4.78, 5) is 19.7. The number of carbonyl (C=O) groups is 1. The molecule has 0 aliphatic carbocycles. The molecule has 31 heavy (non-hydrogen) atoms. The summed E-state index contributed by atoms with van der Waals surface area (Å²) < 4.78 is 7.68. The van der Waals surface area contributed by atoms with Crippen LogP contribution in [0.4, 0.5) is 5.69 Å². The molecule has 0 N–H and O–H groups in total. The lowest BCUT2D eigenvalue weighted by molar-refractivity contribution is -0.117. The predicted octanol–water partition coefficient (Wildman–Crippen LogP) is 5.27. The smallest absolute Gasteiger partial charge is 0.227 e. The van der Waals surface area contributed by atoms with Crippen molar-refractivity contribution in [1.82, 2.24) is 9.55 Å². The van der Waals surface area contributed by atoms with Crippen LogP contribution in [-0.2, 0) is 11.3 Å². The molecule has 1 aliphatic rings. The number of benzene rings is 3. The van der Waals surface area contributed by atoms with Crippen molar-refractivity contribution >= 4 is 34.2 Å². The molecule has 1 fully saturated rings. The molecule has 4 aromatic rings. The number of anilines is 1. The number of ether oxygens (including phenoxy) is 1. The molecule has 0 unspecified atom stereocenters. The van der Waals surface area contributed by atoms with Crippen LogP contribution in [0.1, 0.15) is 23.7 Å². The summed E-state index contributed by atoms with van der Waals surface area (Å²) in [5.41, 5.74) is 3.79. The van der Waals surface area contributed by atoms with E-state index in [4.69, 9.17) is 21.3 Å². The molecule has 0 spiro atoms. The second-order valence-electron chi connectivity index (χ2n) is 7.71. The largest absolute Gasteiger partial charge is 0.495 e. The Kier molecular flexibility index (Phi) is 5.12. The second-order valence-corrected chi connectivity index (χ2v) is 8.12. The molecule has 0 radical (unpaired) electrons. The van der Waals surface area contributed by atoms with Crippen LogP contribution < -0.4 is 9.64 Å². The zero-order valence-corrected chi connectivity index (χ0v) is 17.9. The molecule has 2 heterocycles. The number of fused-ring (bicyclic) bond motifs is 1. The Morgan fingerprint density at radius 2 is 1.77 bits per heavy atom. The van der Waals surface area contributed by atoms with E-state index in [1.54, 1.807) is 7.11 Å². The number of carbonyl (C=O) groups excluding carboxylic acids is 1. The van der Waals surface area contributed by atoms with Gasteiger partial charge in [0.05, 0.1) is 30.4 Å². The number of aromatic nitrogens is 2. The number of hydrogen-bond donors (Lipinski definition) is 0. The van der Waals surface area contributed by atoms with Gasteiger partial charge in [-0.3, -0.25) is 4.79 Å². The predicted molar refractivity (Wildman–Crippen MR) is 123 cm³/mol. The van der Waals surface area contributed by atoms with Crippen molar-refractivity contribution in [2.75, 3.05) is 18.6 Å². The van der Waals surface area contributed by atoms with E-state index < -0.39 is 0 Å². The molecule has 5 rings (SSSR count).